The SMILES string of the molecule is Cc1cn([C@H]2C[C@@H](O)[C@@H](CO)[Se]2)c(=O)[nH]c1=O. The molecule has 0 amide bonds. The van der Waals surface area contributed by atoms with E-state index in [2.05, 4.69) is 4.98 Å². The summed E-state index contributed by atoms with van der Waals surface area (Å²) in [7, 11) is 0. The minimum absolute atomic E-state index is 0.0529. The molecule has 2 rings (SSSR count). The number of aliphatic hydroxyl groups excluding tert-OH is 2. The molecule has 1 aliphatic rings. The molecule has 0 spiro atoms. The topological polar surface area (TPSA) is 95.3 Å². The fraction of sp³-hybridized carbons (Fsp3) is 0.600. The number of nitrogens with zero attached hydrogens (tertiary/aromatic N) is 1. The first kappa shape index (κ1) is 12.6. The van der Waals surface area contributed by atoms with Crippen molar-refractivity contribution >= 4 is 15.0 Å². The maximum absolute atomic E-state index is 11.7. The van der Waals surface area contributed by atoms with Crippen LogP contribution in [0.5, 0.6) is 0 Å². The van der Waals surface area contributed by atoms with E-state index < -0.39 is 11.8 Å². The monoisotopic (exact) mass is 306 g/mol. The summed E-state index contributed by atoms with van der Waals surface area (Å²) in [5.74, 6) is 0. The van der Waals surface area contributed by atoms with Crippen molar-refractivity contribution in [1.29, 1.82) is 0 Å². The van der Waals surface area contributed by atoms with Crippen LogP contribution in [0, 0.1) is 6.92 Å². The number of hydrogen-bond donors (Lipinski definition) is 3. The van der Waals surface area contributed by atoms with E-state index in [-0.39, 0.29) is 36.9 Å². The predicted octanol–water partition coefficient (Wildman–Crippen LogP) is -1.41. The van der Waals surface area contributed by atoms with Gasteiger partial charge in [-0.15, -0.1) is 0 Å². The van der Waals surface area contributed by atoms with Gasteiger partial charge in [0.05, 0.1) is 0 Å². The van der Waals surface area contributed by atoms with Crippen LogP contribution in [-0.2, 0) is 0 Å². The third-order valence-electron chi connectivity index (χ3n) is 2.84. The van der Waals surface area contributed by atoms with Crippen molar-refractivity contribution in [2.75, 3.05) is 6.61 Å². The van der Waals surface area contributed by atoms with Crippen LogP contribution in [0.25, 0.3) is 0 Å². The molecule has 6 nitrogen and oxygen atoms in total. The van der Waals surface area contributed by atoms with Crippen LogP contribution in [0.1, 0.15) is 16.9 Å². The maximum atomic E-state index is 11.7. The van der Waals surface area contributed by atoms with Crippen molar-refractivity contribution in [3.8, 4) is 0 Å². The van der Waals surface area contributed by atoms with Crippen molar-refractivity contribution in [2.24, 2.45) is 0 Å². The predicted molar refractivity (Wildman–Crippen MR) is 62.3 cm³/mol. The fourth-order valence-corrected chi connectivity index (χ4v) is 4.74. The van der Waals surface area contributed by atoms with Gasteiger partial charge in [0.25, 0.3) is 0 Å². The second-order valence-electron chi connectivity index (χ2n) is 4.09. The number of aliphatic hydroxyl groups is 2. The fourth-order valence-electron chi connectivity index (χ4n) is 1.85. The summed E-state index contributed by atoms with van der Waals surface area (Å²) in [5, 5.41) is 18.8. The van der Waals surface area contributed by atoms with Gasteiger partial charge in [-0.1, -0.05) is 0 Å². The second-order valence-corrected chi connectivity index (χ2v) is 7.08. The van der Waals surface area contributed by atoms with Gasteiger partial charge in [0.1, 0.15) is 0 Å². The number of hydrogen-bond acceptors (Lipinski definition) is 4. The number of aromatic nitrogens is 2. The summed E-state index contributed by atoms with van der Waals surface area (Å²) in [4.78, 5) is 24.9. The Morgan fingerprint density at radius 3 is 2.88 bits per heavy atom. The number of H-pyrrole nitrogens is 1. The molecule has 7 heteroatoms. The summed E-state index contributed by atoms with van der Waals surface area (Å²) < 4.78 is 1.47. The van der Waals surface area contributed by atoms with Gasteiger partial charge < -0.3 is 0 Å². The number of rotatable bonds is 2. The van der Waals surface area contributed by atoms with Gasteiger partial charge in [-0.2, -0.15) is 0 Å². The van der Waals surface area contributed by atoms with Crippen LogP contribution in [0.3, 0.4) is 0 Å². The Labute approximate surface area is 103 Å². The Morgan fingerprint density at radius 2 is 2.29 bits per heavy atom. The van der Waals surface area contributed by atoms with Crippen LogP contribution in [0.15, 0.2) is 15.8 Å². The average Bonchev–Trinajstić information content (AvgIpc) is 2.65. The molecular formula is C10H14N2O4Se. The van der Waals surface area contributed by atoms with Crippen molar-refractivity contribution in [2.45, 2.75) is 29.2 Å². The molecule has 3 N–H and O–H groups in total. The van der Waals surface area contributed by atoms with Crippen LogP contribution >= 0.6 is 0 Å². The average molecular weight is 305 g/mol. The molecule has 0 radical (unpaired) electrons. The van der Waals surface area contributed by atoms with Crippen LogP contribution < -0.4 is 11.2 Å². The molecule has 0 bridgehead atoms. The summed E-state index contributed by atoms with van der Waals surface area (Å²) in [6, 6.07) is 0. The van der Waals surface area contributed by atoms with Crippen molar-refractivity contribution in [3.63, 3.8) is 0 Å². The summed E-state index contributed by atoms with van der Waals surface area (Å²) in [6.45, 7) is 1.57. The second kappa shape index (κ2) is 4.78. The van der Waals surface area contributed by atoms with E-state index in [0.29, 0.717) is 12.0 Å². The molecule has 1 aromatic rings. The zero-order valence-corrected chi connectivity index (χ0v) is 11.0. The summed E-state index contributed by atoms with van der Waals surface area (Å²) >= 11 is -0.0529. The molecule has 94 valence electrons. The van der Waals surface area contributed by atoms with Gasteiger partial charge in [0.15, 0.2) is 0 Å². The Hall–Kier alpha value is -0.881. The van der Waals surface area contributed by atoms with Crippen molar-refractivity contribution < 1.29 is 10.2 Å². The molecule has 3 atom stereocenters. The van der Waals surface area contributed by atoms with Gasteiger partial charge in [-0.05, 0) is 0 Å². The van der Waals surface area contributed by atoms with E-state index in [0.717, 1.165) is 0 Å². The van der Waals surface area contributed by atoms with E-state index in [4.69, 9.17) is 5.11 Å². The number of aryl methyl sites for hydroxylation is 1. The third kappa shape index (κ3) is 2.37. The minimum atomic E-state index is -0.566. The van der Waals surface area contributed by atoms with E-state index in [1.54, 1.807) is 6.92 Å². The Bertz CT molecular complexity index is 524. The van der Waals surface area contributed by atoms with Crippen LogP contribution in [-0.4, -0.2) is 47.4 Å². The third-order valence-corrected chi connectivity index (χ3v) is 6.09. The first-order chi connectivity index (χ1) is 8.02. The van der Waals surface area contributed by atoms with E-state index in [9.17, 15) is 14.7 Å². The van der Waals surface area contributed by atoms with E-state index in [1.807, 2.05) is 0 Å². The first-order valence-corrected chi connectivity index (χ1v) is 7.27. The quantitative estimate of drug-likeness (QED) is 0.585. The molecule has 0 unspecified atom stereocenters. The van der Waals surface area contributed by atoms with Gasteiger partial charge >= 0.3 is 103 Å². The Balaban J connectivity index is 2.34. The molecule has 0 saturated carbocycles. The van der Waals surface area contributed by atoms with Gasteiger partial charge in [0.2, 0.25) is 0 Å². The Kier molecular flexibility index (Phi) is 3.53. The molecular weight excluding hydrogens is 291 g/mol. The molecule has 1 aromatic heterocycles. The van der Waals surface area contributed by atoms with Crippen molar-refractivity contribution in [3.05, 3.63) is 32.6 Å². The standard InChI is InChI=1S/C10H14N2O4Se/c1-5-3-12(10(16)11-9(5)15)8-2-6(14)7(4-13)17-8/h3,6-8,13-14H,2,4H2,1H3,(H,11,15,16)/t6-,7-,8-/m1/s1. The summed E-state index contributed by atoms with van der Waals surface area (Å²) in [6.07, 6.45) is 1.42. The molecule has 2 heterocycles. The van der Waals surface area contributed by atoms with Gasteiger partial charge in [0, 0.05) is 0 Å². The molecule has 0 aromatic carbocycles. The molecule has 0 aliphatic carbocycles. The number of nitrogens with one attached hydrogen (secondary N) is 1. The van der Waals surface area contributed by atoms with Crippen LogP contribution in [0.2, 0.25) is 4.82 Å². The van der Waals surface area contributed by atoms with Gasteiger partial charge in [-0.25, -0.2) is 0 Å². The molecule has 1 aliphatic heterocycles. The molecule has 17 heavy (non-hydrogen) atoms. The van der Waals surface area contributed by atoms with Crippen molar-refractivity contribution in [1.82, 2.24) is 9.55 Å². The Morgan fingerprint density at radius 1 is 1.59 bits per heavy atom. The molecule has 1 saturated heterocycles. The summed E-state index contributed by atoms with van der Waals surface area (Å²) in [5.41, 5.74) is -0.350. The normalized spacial score (nSPS) is 28.5. The zero-order chi connectivity index (χ0) is 12.6. The molecule has 1 fully saturated rings. The van der Waals surface area contributed by atoms with E-state index >= 15 is 0 Å². The van der Waals surface area contributed by atoms with Crippen LogP contribution in [0.4, 0.5) is 0 Å². The number of aromatic amines is 1. The van der Waals surface area contributed by atoms with E-state index in [1.165, 1.54) is 10.8 Å². The first-order valence-electron chi connectivity index (χ1n) is 5.29. The van der Waals surface area contributed by atoms with Gasteiger partial charge in [-0.3, -0.25) is 0 Å². The zero-order valence-electron chi connectivity index (χ0n) is 9.29.